The Hall–Kier alpha value is -1.53. The Labute approximate surface area is 117 Å². The smallest absolute Gasteiger partial charge is 0.232 e. The van der Waals surface area contributed by atoms with Gasteiger partial charge in [0.15, 0.2) is 0 Å². The van der Waals surface area contributed by atoms with Gasteiger partial charge in [-0.3, -0.25) is 4.72 Å². The first-order valence-corrected chi connectivity index (χ1v) is 7.96. The third-order valence-corrected chi connectivity index (χ3v) is 4.08. The van der Waals surface area contributed by atoms with E-state index >= 15 is 0 Å². The molecule has 1 aromatic heterocycles. The van der Waals surface area contributed by atoms with Gasteiger partial charge in [-0.1, -0.05) is 6.07 Å². The van der Waals surface area contributed by atoms with Crippen molar-refractivity contribution < 1.29 is 8.42 Å². The van der Waals surface area contributed by atoms with Gasteiger partial charge in [-0.15, -0.1) is 11.6 Å². The summed E-state index contributed by atoms with van der Waals surface area (Å²) in [6.07, 6.45) is 3.88. The van der Waals surface area contributed by atoms with Crippen molar-refractivity contribution in [3.63, 3.8) is 0 Å². The van der Waals surface area contributed by atoms with E-state index in [9.17, 15) is 8.42 Å². The molecule has 102 valence electrons. The highest BCUT2D eigenvalue weighted by molar-refractivity contribution is 7.92. The lowest BCUT2D eigenvalue weighted by Crippen LogP contribution is -2.17. The van der Waals surface area contributed by atoms with Crippen LogP contribution in [0.15, 0.2) is 42.7 Å². The second-order valence-corrected chi connectivity index (χ2v) is 6.18. The van der Waals surface area contributed by atoms with Crippen molar-refractivity contribution in [1.82, 2.24) is 9.78 Å². The minimum absolute atomic E-state index is 0.0164. The average molecular weight is 300 g/mol. The normalized spacial score (nSPS) is 11.4. The van der Waals surface area contributed by atoms with Crippen LogP contribution in [0.2, 0.25) is 0 Å². The molecule has 1 aromatic carbocycles. The van der Waals surface area contributed by atoms with Gasteiger partial charge in [-0.25, -0.2) is 13.1 Å². The van der Waals surface area contributed by atoms with E-state index < -0.39 is 10.0 Å². The Kier molecular flexibility index (Phi) is 4.44. The number of halogens is 1. The summed E-state index contributed by atoms with van der Waals surface area (Å²) >= 11 is 5.50. The fraction of sp³-hybridized carbons (Fsp3) is 0.250. The van der Waals surface area contributed by atoms with Crippen LogP contribution in [0, 0.1) is 0 Å². The van der Waals surface area contributed by atoms with Crippen LogP contribution < -0.4 is 4.72 Å². The quantitative estimate of drug-likeness (QED) is 0.832. The molecule has 0 saturated heterocycles. The van der Waals surface area contributed by atoms with Crippen molar-refractivity contribution in [3.05, 3.63) is 42.7 Å². The zero-order valence-electron chi connectivity index (χ0n) is 10.2. The fourth-order valence-electron chi connectivity index (χ4n) is 1.61. The highest BCUT2D eigenvalue weighted by atomic mass is 35.5. The molecule has 0 radical (unpaired) electrons. The maximum Gasteiger partial charge on any atom is 0.232 e. The van der Waals surface area contributed by atoms with E-state index in [1.54, 1.807) is 41.3 Å². The monoisotopic (exact) mass is 299 g/mol. The Bertz CT molecular complexity index is 626. The molecule has 1 heterocycles. The zero-order valence-corrected chi connectivity index (χ0v) is 11.7. The minimum atomic E-state index is -3.35. The van der Waals surface area contributed by atoms with Gasteiger partial charge >= 0.3 is 0 Å². The van der Waals surface area contributed by atoms with Crippen LogP contribution >= 0.6 is 11.6 Å². The second kappa shape index (κ2) is 6.08. The SMILES string of the molecule is O=S(=O)(CCCCl)Nc1cccc(-n2cccn2)c1. The highest BCUT2D eigenvalue weighted by Crippen LogP contribution is 2.15. The Morgan fingerprint density at radius 3 is 2.84 bits per heavy atom. The summed E-state index contributed by atoms with van der Waals surface area (Å²) < 4.78 is 27.7. The predicted molar refractivity (Wildman–Crippen MR) is 76.3 cm³/mol. The first kappa shape index (κ1) is 13.9. The second-order valence-electron chi connectivity index (χ2n) is 3.96. The van der Waals surface area contributed by atoms with Gasteiger partial charge in [-0.05, 0) is 30.7 Å². The molecule has 7 heteroatoms. The molecule has 5 nitrogen and oxygen atoms in total. The van der Waals surface area contributed by atoms with Gasteiger partial charge in [-0.2, -0.15) is 5.10 Å². The molecule has 1 N–H and O–H groups in total. The van der Waals surface area contributed by atoms with Crippen LogP contribution in [0.4, 0.5) is 5.69 Å². The van der Waals surface area contributed by atoms with Crippen LogP contribution in [-0.4, -0.2) is 29.8 Å². The van der Waals surface area contributed by atoms with Crippen LogP contribution in [0.25, 0.3) is 5.69 Å². The molecule has 0 aliphatic rings. The third kappa shape index (κ3) is 3.97. The summed E-state index contributed by atoms with van der Waals surface area (Å²) in [6, 6.07) is 8.85. The number of aromatic nitrogens is 2. The highest BCUT2D eigenvalue weighted by Gasteiger charge is 2.10. The molecule has 2 aromatic rings. The van der Waals surface area contributed by atoms with Gasteiger partial charge in [0.05, 0.1) is 17.1 Å². The fourth-order valence-corrected chi connectivity index (χ4v) is 3.01. The maximum atomic E-state index is 11.8. The molecule has 0 spiro atoms. The molecule has 0 fully saturated rings. The average Bonchev–Trinajstić information content (AvgIpc) is 2.90. The van der Waals surface area contributed by atoms with Crippen LogP contribution in [0.1, 0.15) is 6.42 Å². The van der Waals surface area contributed by atoms with E-state index in [1.807, 2.05) is 6.07 Å². The van der Waals surface area contributed by atoms with Gasteiger partial charge in [0, 0.05) is 18.3 Å². The zero-order chi connectivity index (χ0) is 13.7. The molecule has 0 atom stereocenters. The van der Waals surface area contributed by atoms with Crippen molar-refractivity contribution >= 4 is 27.3 Å². The Balaban J connectivity index is 2.16. The van der Waals surface area contributed by atoms with E-state index in [0.717, 1.165) is 5.69 Å². The first-order chi connectivity index (χ1) is 9.11. The summed E-state index contributed by atoms with van der Waals surface area (Å²) in [6.45, 7) is 0. The summed E-state index contributed by atoms with van der Waals surface area (Å²) in [5, 5.41) is 4.10. The molecular weight excluding hydrogens is 286 g/mol. The number of alkyl halides is 1. The summed E-state index contributed by atoms with van der Waals surface area (Å²) in [4.78, 5) is 0. The summed E-state index contributed by atoms with van der Waals surface area (Å²) in [5.41, 5.74) is 1.31. The largest absolute Gasteiger partial charge is 0.283 e. The maximum absolute atomic E-state index is 11.8. The van der Waals surface area contributed by atoms with E-state index in [0.29, 0.717) is 18.0 Å². The molecular formula is C12H14ClN3O2S. The van der Waals surface area contributed by atoms with Gasteiger partial charge in [0.2, 0.25) is 10.0 Å². The number of anilines is 1. The van der Waals surface area contributed by atoms with E-state index in [1.165, 1.54) is 0 Å². The van der Waals surface area contributed by atoms with E-state index in [-0.39, 0.29) is 5.75 Å². The summed E-state index contributed by atoms with van der Waals surface area (Å²) in [5.74, 6) is 0.344. The number of hydrogen-bond donors (Lipinski definition) is 1. The molecule has 0 amide bonds. The number of hydrogen-bond acceptors (Lipinski definition) is 3. The summed E-state index contributed by atoms with van der Waals surface area (Å²) in [7, 11) is -3.35. The predicted octanol–water partition coefficient (Wildman–Crippen LogP) is 2.24. The van der Waals surface area contributed by atoms with Gasteiger partial charge in [0.25, 0.3) is 0 Å². The van der Waals surface area contributed by atoms with E-state index in [2.05, 4.69) is 9.82 Å². The standard InChI is InChI=1S/C12H14ClN3O2S/c13-6-2-9-19(17,18)15-11-4-1-5-12(10-11)16-8-3-7-14-16/h1,3-5,7-8,10,15H,2,6,9H2. The minimum Gasteiger partial charge on any atom is -0.283 e. The first-order valence-electron chi connectivity index (χ1n) is 5.77. The Morgan fingerprint density at radius 2 is 2.16 bits per heavy atom. The van der Waals surface area contributed by atoms with E-state index in [4.69, 9.17) is 11.6 Å². The number of rotatable bonds is 6. The molecule has 2 rings (SSSR count). The molecule has 0 unspecified atom stereocenters. The van der Waals surface area contributed by atoms with Crippen LogP contribution in [0.3, 0.4) is 0 Å². The van der Waals surface area contributed by atoms with Crippen molar-refractivity contribution in [2.24, 2.45) is 0 Å². The lowest BCUT2D eigenvalue weighted by Gasteiger charge is -2.09. The lowest BCUT2D eigenvalue weighted by atomic mass is 10.3. The molecule has 0 aliphatic heterocycles. The van der Waals surface area contributed by atoms with Crippen molar-refractivity contribution in [2.75, 3.05) is 16.4 Å². The Morgan fingerprint density at radius 1 is 1.32 bits per heavy atom. The lowest BCUT2D eigenvalue weighted by molar-refractivity contribution is 0.600. The van der Waals surface area contributed by atoms with Crippen LogP contribution in [0.5, 0.6) is 0 Å². The topological polar surface area (TPSA) is 64.0 Å². The molecule has 0 saturated carbocycles. The van der Waals surface area contributed by atoms with Crippen molar-refractivity contribution in [1.29, 1.82) is 0 Å². The number of nitrogens with one attached hydrogen (secondary N) is 1. The number of sulfonamides is 1. The van der Waals surface area contributed by atoms with Crippen molar-refractivity contribution in [3.8, 4) is 5.69 Å². The van der Waals surface area contributed by atoms with Gasteiger partial charge in [0.1, 0.15) is 0 Å². The van der Waals surface area contributed by atoms with Gasteiger partial charge < -0.3 is 0 Å². The molecule has 0 aliphatic carbocycles. The number of nitrogens with zero attached hydrogens (tertiary/aromatic N) is 2. The third-order valence-electron chi connectivity index (χ3n) is 2.44. The number of benzene rings is 1. The molecule has 19 heavy (non-hydrogen) atoms. The molecule has 0 bridgehead atoms. The van der Waals surface area contributed by atoms with Crippen LogP contribution in [-0.2, 0) is 10.0 Å². The van der Waals surface area contributed by atoms with Crippen molar-refractivity contribution in [2.45, 2.75) is 6.42 Å².